The lowest BCUT2D eigenvalue weighted by molar-refractivity contribution is 0.00722. The summed E-state index contributed by atoms with van der Waals surface area (Å²) < 4.78 is 5.56. The third-order valence-corrected chi connectivity index (χ3v) is 2.54. The molecule has 0 radical (unpaired) electrons. The molecule has 5 nitrogen and oxygen atoms in total. The maximum absolute atomic E-state index is 10.8. The number of hydrogen-bond donors (Lipinski definition) is 2. The quantitative estimate of drug-likeness (QED) is 0.751. The van der Waals surface area contributed by atoms with Crippen LogP contribution >= 0.6 is 0 Å². The lowest BCUT2D eigenvalue weighted by Crippen LogP contribution is -2.35. The van der Waals surface area contributed by atoms with Crippen LogP contribution < -0.4 is 4.74 Å². The van der Waals surface area contributed by atoms with Crippen molar-refractivity contribution in [3.8, 4) is 5.88 Å². The fourth-order valence-electron chi connectivity index (χ4n) is 1.79. The second-order valence-electron chi connectivity index (χ2n) is 4.51. The first kappa shape index (κ1) is 10.9. The molecule has 2 heterocycles. The van der Waals surface area contributed by atoms with Crippen molar-refractivity contribution in [3.63, 3.8) is 0 Å². The minimum absolute atomic E-state index is 0.0566. The number of hydrogen-bond acceptors (Lipinski definition) is 4. The lowest BCUT2D eigenvalue weighted by Gasteiger charge is -2.34. The summed E-state index contributed by atoms with van der Waals surface area (Å²) in [6.07, 6.45) is 0.922. The number of nitrogens with zero attached hydrogens (tertiary/aromatic N) is 1. The van der Waals surface area contributed by atoms with E-state index in [2.05, 4.69) is 4.98 Å². The Bertz CT molecular complexity index is 442. The molecular formula is C11H13NO4. The van der Waals surface area contributed by atoms with Gasteiger partial charge in [0.25, 0.3) is 0 Å². The van der Waals surface area contributed by atoms with E-state index >= 15 is 0 Å². The van der Waals surface area contributed by atoms with Crippen molar-refractivity contribution in [3.05, 3.63) is 23.4 Å². The Morgan fingerprint density at radius 2 is 2.31 bits per heavy atom. The molecule has 0 saturated heterocycles. The van der Waals surface area contributed by atoms with E-state index in [1.165, 1.54) is 12.3 Å². The highest BCUT2D eigenvalue weighted by Gasteiger charge is 2.34. The molecular weight excluding hydrogens is 210 g/mol. The highest BCUT2D eigenvalue weighted by Crippen LogP contribution is 2.38. The predicted molar refractivity (Wildman–Crippen MR) is 55.5 cm³/mol. The number of rotatable bonds is 1. The molecule has 1 unspecified atom stereocenters. The van der Waals surface area contributed by atoms with E-state index in [0.29, 0.717) is 17.9 Å². The number of aromatic nitrogens is 1. The van der Waals surface area contributed by atoms with Gasteiger partial charge >= 0.3 is 5.97 Å². The van der Waals surface area contributed by atoms with E-state index in [9.17, 15) is 9.90 Å². The Labute approximate surface area is 92.7 Å². The van der Waals surface area contributed by atoms with E-state index in [-0.39, 0.29) is 5.56 Å². The van der Waals surface area contributed by atoms with Crippen molar-refractivity contribution in [1.82, 2.24) is 4.98 Å². The van der Waals surface area contributed by atoms with Gasteiger partial charge < -0.3 is 14.9 Å². The zero-order valence-electron chi connectivity index (χ0n) is 9.10. The van der Waals surface area contributed by atoms with Crippen LogP contribution in [0.1, 0.15) is 42.3 Å². The zero-order chi connectivity index (χ0) is 11.9. The third-order valence-electron chi connectivity index (χ3n) is 2.54. The first-order valence-electron chi connectivity index (χ1n) is 4.99. The van der Waals surface area contributed by atoms with E-state index in [4.69, 9.17) is 9.84 Å². The summed E-state index contributed by atoms with van der Waals surface area (Å²) in [5, 5.41) is 18.7. The van der Waals surface area contributed by atoms with Crippen LogP contribution in [0.25, 0.3) is 0 Å². The molecule has 16 heavy (non-hydrogen) atoms. The van der Waals surface area contributed by atoms with Crippen LogP contribution in [-0.2, 0) is 0 Å². The van der Waals surface area contributed by atoms with Gasteiger partial charge in [-0.1, -0.05) is 0 Å². The Morgan fingerprint density at radius 1 is 1.62 bits per heavy atom. The smallest absolute Gasteiger partial charge is 0.337 e. The molecule has 1 aliphatic heterocycles. The molecule has 0 saturated carbocycles. The van der Waals surface area contributed by atoms with Gasteiger partial charge in [0.15, 0.2) is 0 Å². The Hall–Kier alpha value is -1.62. The highest BCUT2D eigenvalue weighted by molar-refractivity contribution is 5.87. The van der Waals surface area contributed by atoms with Crippen molar-refractivity contribution < 1.29 is 19.7 Å². The van der Waals surface area contributed by atoms with Gasteiger partial charge in [0.2, 0.25) is 5.88 Å². The van der Waals surface area contributed by atoms with Crippen molar-refractivity contribution in [2.45, 2.75) is 32.0 Å². The molecule has 0 bridgehead atoms. The minimum Gasteiger partial charge on any atom is -0.478 e. The van der Waals surface area contributed by atoms with E-state index in [1.54, 1.807) is 0 Å². The van der Waals surface area contributed by atoms with E-state index in [1.807, 2.05) is 13.8 Å². The van der Waals surface area contributed by atoms with Crippen molar-refractivity contribution in [1.29, 1.82) is 0 Å². The highest BCUT2D eigenvalue weighted by atomic mass is 16.5. The van der Waals surface area contributed by atoms with Gasteiger partial charge in [0.05, 0.1) is 11.7 Å². The van der Waals surface area contributed by atoms with Gasteiger partial charge in [-0.3, -0.25) is 0 Å². The number of aromatic carboxylic acids is 1. The van der Waals surface area contributed by atoms with Gasteiger partial charge in [0.1, 0.15) is 5.60 Å². The first-order chi connectivity index (χ1) is 7.39. The number of carboxylic acids is 1. The number of aliphatic hydroxyl groups is 1. The molecule has 0 spiro atoms. The Balaban J connectivity index is 2.45. The van der Waals surface area contributed by atoms with Crippen LogP contribution in [-0.4, -0.2) is 26.8 Å². The van der Waals surface area contributed by atoms with Gasteiger partial charge in [-0.15, -0.1) is 0 Å². The van der Waals surface area contributed by atoms with Gasteiger partial charge in [-0.2, -0.15) is 0 Å². The zero-order valence-corrected chi connectivity index (χ0v) is 9.10. The Kier molecular flexibility index (Phi) is 2.35. The van der Waals surface area contributed by atoms with Crippen LogP contribution in [0.5, 0.6) is 5.88 Å². The molecule has 1 aliphatic rings. The number of ether oxygens (including phenoxy) is 1. The molecule has 5 heteroatoms. The number of pyridine rings is 1. The summed E-state index contributed by atoms with van der Waals surface area (Å²) in [7, 11) is 0. The number of aliphatic hydroxyl groups excluding tert-OH is 1. The number of fused-ring (bicyclic) bond motifs is 1. The van der Waals surface area contributed by atoms with Crippen LogP contribution in [0.4, 0.5) is 0 Å². The molecule has 1 aromatic rings. The van der Waals surface area contributed by atoms with Gasteiger partial charge in [0, 0.05) is 18.2 Å². The fourth-order valence-corrected chi connectivity index (χ4v) is 1.79. The molecule has 0 amide bonds. The Morgan fingerprint density at radius 3 is 2.94 bits per heavy atom. The second kappa shape index (κ2) is 3.45. The summed E-state index contributed by atoms with van der Waals surface area (Å²) in [5.74, 6) is -0.749. The summed E-state index contributed by atoms with van der Waals surface area (Å²) >= 11 is 0. The van der Waals surface area contributed by atoms with E-state index < -0.39 is 17.7 Å². The minimum atomic E-state index is -1.06. The first-order valence-corrected chi connectivity index (χ1v) is 4.99. The average molecular weight is 223 g/mol. The predicted octanol–water partition coefficient (Wildman–Crippen LogP) is 1.37. The van der Waals surface area contributed by atoms with Gasteiger partial charge in [-0.05, 0) is 19.9 Å². The molecule has 1 aromatic heterocycles. The summed E-state index contributed by atoms with van der Waals surface area (Å²) in [4.78, 5) is 14.7. The second-order valence-corrected chi connectivity index (χ2v) is 4.51. The van der Waals surface area contributed by atoms with Crippen molar-refractivity contribution >= 4 is 5.97 Å². The molecule has 86 valence electrons. The normalized spacial score (nSPS) is 22.1. The molecule has 2 N–H and O–H groups in total. The maximum atomic E-state index is 10.8. The fraction of sp³-hybridized carbons (Fsp3) is 0.455. The lowest BCUT2D eigenvalue weighted by atomic mass is 9.93. The maximum Gasteiger partial charge on any atom is 0.337 e. The SMILES string of the molecule is CC1(C)CC(O)c2cc(C(=O)O)cnc2O1. The summed E-state index contributed by atoms with van der Waals surface area (Å²) in [6.45, 7) is 3.71. The van der Waals surface area contributed by atoms with Crippen LogP contribution in [0.15, 0.2) is 12.3 Å². The molecule has 0 aromatic carbocycles. The molecule has 1 atom stereocenters. The summed E-state index contributed by atoms with van der Waals surface area (Å²) in [5.41, 5.74) is 0.0183. The largest absolute Gasteiger partial charge is 0.478 e. The molecule has 0 fully saturated rings. The average Bonchev–Trinajstić information content (AvgIpc) is 2.15. The van der Waals surface area contributed by atoms with Crippen LogP contribution in [0.3, 0.4) is 0 Å². The van der Waals surface area contributed by atoms with Crippen molar-refractivity contribution in [2.75, 3.05) is 0 Å². The monoisotopic (exact) mass is 223 g/mol. The van der Waals surface area contributed by atoms with Crippen molar-refractivity contribution in [2.24, 2.45) is 0 Å². The molecule has 2 rings (SSSR count). The van der Waals surface area contributed by atoms with Gasteiger partial charge in [-0.25, -0.2) is 9.78 Å². The summed E-state index contributed by atoms with van der Waals surface area (Å²) in [6, 6.07) is 1.41. The standard InChI is InChI=1S/C11H13NO4/c1-11(2)4-8(13)7-3-6(10(14)15)5-12-9(7)16-11/h3,5,8,13H,4H2,1-2H3,(H,14,15). The van der Waals surface area contributed by atoms with E-state index in [0.717, 1.165) is 0 Å². The number of carbonyl (C=O) groups is 1. The van der Waals surface area contributed by atoms with Crippen LogP contribution in [0, 0.1) is 0 Å². The number of carboxylic acid groups (broad SMARTS) is 1. The third kappa shape index (κ3) is 1.86. The van der Waals surface area contributed by atoms with Crippen LogP contribution in [0.2, 0.25) is 0 Å². The topological polar surface area (TPSA) is 79.7 Å². The molecule has 0 aliphatic carbocycles.